The summed E-state index contributed by atoms with van der Waals surface area (Å²) in [5.74, 6) is 1.68. The number of thiophene rings is 1. The van der Waals surface area contributed by atoms with Crippen molar-refractivity contribution >= 4 is 17.3 Å². The van der Waals surface area contributed by atoms with Crippen LogP contribution in [0.25, 0.3) is 10.4 Å². The Morgan fingerprint density at radius 2 is 1.79 bits per heavy atom. The molecule has 0 spiro atoms. The number of fused-ring (bicyclic) bond motifs is 1. The van der Waals surface area contributed by atoms with Crippen LogP contribution in [-0.2, 0) is 4.74 Å². The lowest BCUT2D eigenvalue weighted by Gasteiger charge is -2.18. The molecule has 0 atom stereocenters. The molecule has 6 nitrogen and oxygen atoms in total. The number of ether oxygens (including phenoxy) is 4. The third-order valence-corrected chi connectivity index (χ3v) is 5.32. The molecule has 0 amide bonds. The van der Waals surface area contributed by atoms with Gasteiger partial charge in [-0.2, -0.15) is 5.26 Å². The largest absolute Gasteiger partial charge is 0.490 e. The molecule has 7 heteroatoms. The Hall–Kier alpha value is -3.50. The molecule has 0 radical (unpaired) electrons. The lowest BCUT2D eigenvalue weighted by molar-refractivity contribution is 0.0456. The normalized spacial score (nSPS) is 12.1. The van der Waals surface area contributed by atoms with E-state index in [4.69, 9.17) is 24.2 Å². The molecule has 0 saturated heterocycles. The summed E-state index contributed by atoms with van der Waals surface area (Å²) < 4.78 is 21.9. The molecule has 0 fully saturated rings. The molecular formula is C22H17NO5S. The van der Waals surface area contributed by atoms with Crippen molar-refractivity contribution in [2.45, 2.75) is 0 Å². The number of hydrogen-bond acceptors (Lipinski definition) is 7. The Morgan fingerprint density at radius 3 is 2.59 bits per heavy atom. The topological polar surface area (TPSA) is 77.8 Å². The maximum Gasteiger partial charge on any atom is 0.348 e. The lowest BCUT2D eigenvalue weighted by Crippen LogP contribution is -2.15. The zero-order valence-corrected chi connectivity index (χ0v) is 16.2. The molecule has 0 aliphatic carbocycles. The second kappa shape index (κ2) is 8.67. The average Bonchev–Trinajstić information content (AvgIpc) is 3.27. The van der Waals surface area contributed by atoms with Crippen LogP contribution in [0.5, 0.6) is 17.2 Å². The fourth-order valence-electron chi connectivity index (χ4n) is 2.79. The van der Waals surface area contributed by atoms with Gasteiger partial charge in [0.2, 0.25) is 0 Å². The van der Waals surface area contributed by atoms with E-state index in [1.54, 1.807) is 30.3 Å². The number of esters is 1. The van der Waals surface area contributed by atoms with Crippen molar-refractivity contribution in [2.75, 3.05) is 26.4 Å². The van der Waals surface area contributed by atoms with E-state index in [1.165, 1.54) is 11.3 Å². The van der Waals surface area contributed by atoms with Crippen molar-refractivity contribution in [3.05, 3.63) is 65.0 Å². The third-order valence-electron chi connectivity index (χ3n) is 4.20. The Labute approximate surface area is 171 Å². The summed E-state index contributed by atoms with van der Waals surface area (Å²) in [7, 11) is 0. The van der Waals surface area contributed by atoms with Crippen molar-refractivity contribution in [3.63, 3.8) is 0 Å². The smallest absolute Gasteiger partial charge is 0.348 e. The summed E-state index contributed by atoms with van der Waals surface area (Å²) in [6.45, 7) is 1.45. The summed E-state index contributed by atoms with van der Waals surface area (Å²) in [4.78, 5) is 13.7. The quantitative estimate of drug-likeness (QED) is 0.448. The van der Waals surface area contributed by atoms with Crippen molar-refractivity contribution < 1.29 is 23.7 Å². The van der Waals surface area contributed by atoms with E-state index < -0.39 is 0 Å². The van der Waals surface area contributed by atoms with Crippen molar-refractivity contribution in [3.8, 4) is 33.8 Å². The number of carbonyl (C=O) groups is 1. The second-order valence-electron chi connectivity index (χ2n) is 6.14. The van der Waals surface area contributed by atoms with Gasteiger partial charge in [-0.25, -0.2) is 4.79 Å². The van der Waals surface area contributed by atoms with Crippen LogP contribution in [0.4, 0.5) is 0 Å². The Kier molecular flexibility index (Phi) is 5.63. The highest BCUT2D eigenvalue weighted by atomic mass is 32.1. The number of rotatable bonds is 6. The van der Waals surface area contributed by atoms with E-state index in [0.29, 0.717) is 35.2 Å². The van der Waals surface area contributed by atoms with Crippen LogP contribution in [-0.4, -0.2) is 32.4 Å². The van der Waals surface area contributed by atoms with Crippen LogP contribution >= 0.6 is 11.3 Å². The highest BCUT2D eigenvalue weighted by Crippen LogP contribution is 2.37. The molecule has 0 bridgehead atoms. The predicted molar refractivity (Wildman–Crippen MR) is 108 cm³/mol. The summed E-state index contributed by atoms with van der Waals surface area (Å²) in [5.41, 5.74) is 1.53. The molecule has 146 valence electrons. The van der Waals surface area contributed by atoms with E-state index in [9.17, 15) is 4.79 Å². The second-order valence-corrected chi connectivity index (χ2v) is 7.23. The molecule has 2 heterocycles. The highest BCUT2D eigenvalue weighted by molar-refractivity contribution is 7.17. The molecule has 0 N–H and O–H groups in total. The number of carbonyl (C=O) groups excluding carboxylic acids is 1. The van der Waals surface area contributed by atoms with Crippen LogP contribution in [0.2, 0.25) is 0 Å². The van der Waals surface area contributed by atoms with Gasteiger partial charge in [0.05, 0.1) is 11.6 Å². The SMILES string of the molecule is N#Cc1ccc(OCCOC(=O)c2ccc(-c3ccc4c(c3)OCCO4)s2)cc1. The van der Waals surface area contributed by atoms with Gasteiger partial charge < -0.3 is 18.9 Å². The van der Waals surface area contributed by atoms with Gasteiger partial charge in [-0.3, -0.25) is 0 Å². The predicted octanol–water partition coefficient (Wildman–Crippen LogP) is 4.29. The molecule has 0 unspecified atom stereocenters. The fourth-order valence-corrected chi connectivity index (χ4v) is 3.69. The minimum absolute atomic E-state index is 0.135. The monoisotopic (exact) mass is 407 g/mol. The first-order valence-corrected chi connectivity index (χ1v) is 9.84. The maximum absolute atomic E-state index is 12.3. The fraction of sp³-hybridized carbons (Fsp3) is 0.182. The molecule has 3 aromatic rings. The molecule has 1 aliphatic rings. The first-order valence-electron chi connectivity index (χ1n) is 9.03. The van der Waals surface area contributed by atoms with Crippen LogP contribution in [0.3, 0.4) is 0 Å². The van der Waals surface area contributed by atoms with Crippen LogP contribution in [0, 0.1) is 11.3 Å². The first kappa shape index (κ1) is 18.8. The van der Waals surface area contributed by atoms with Gasteiger partial charge >= 0.3 is 5.97 Å². The van der Waals surface area contributed by atoms with Crippen LogP contribution < -0.4 is 14.2 Å². The number of benzene rings is 2. The Bertz CT molecular complexity index is 1050. The van der Waals surface area contributed by atoms with E-state index >= 15 is 0 Å². The number of nitrogens with zero attached hydrogens (tertiary/aromatic N) is 1. The van der Waals surface area contributed by atoms with Gasteiger partial charge in [0.15, 0.2) is 11.5 Å². The molecule has 0 saturated carbocycles. The standard InChI is InChI=1S/C22H17NO5S/c23-14-15-1-4-17(5-2-15)25-9-12-28-22(24)21-8-7-20(29-21)16-3-6-18-19(13-16)27-11-10-26-18/h1-8,13H,9-12H2. The van der Waals surface area contributed by atoms with Crippen molar-refractivity contribution in [1.29, 1.82) is 5.26 Å². The molecule has 4 rings (SSSR count). The molecular weight excluding hydrogens is 390 g/mol. The first-order chi connectivity index (χ1) is 14.2. The summed E-state index contributed by atoms with van der Waals surface area (Å²) in [5, 5.41) is 8.78. The maximum atomic E-state index is 12.3. The zero-order chi connectivity index (χ0) is 20.1. The minimum Gasteiger partial charge on any atom is -0.490 e. The number of hydrogen-bond donors (Lipinski definition) is 0. The molecule has 1 aliphatic heterocycles. The number of nitriles is 1. The highest BCUT2D eigenvalue weighted by Gasteiger charge is 2.15. The van der Waals surface area contributed by atoms with Gasteiger partial charge in [-0.15, -0.1) is 11.3 Å². The molecule has 1 aromatic heterocycles. The average molecular weight is 407 g/mol. The lowest BCUT2D eigenvalue weighted by atomic mass is 10.1. The van der Waals surface area contributed by atoms with Gasteiger partial charge in [-0.1, -0.05) is 0 Å². The Morgan fingerprint density at radius 1 is 1.00 bits per heavy atom. The van der Waals surface area contributed by atoms with E-state index in [0.717, 1.165) is 16.2 Å². The third kappa shape index (κ3) is 4.50. The summed E-state index contributed by atoms with van der Waals surface area (Å²) in [6, 6.07) is 18.2. The van der Waals surface area contributed by atoms with Crippen LogP contribution in [0.15, 0.2) is 54.6 Å². The van der Waals surface area contributed by atoms with Gasteiger partial charge in [0.25, 0.3) is 0 Å². The van der Waals surface area contributed by atoms with Gasteiger partial charge in [-0.05, 0) is 60.2 Å². The minimum atomic E-state index is -0.387. The molecule has 29 heavy (non-hydrogen) atoms. The Balaban J connectivity index is 1.31. The van der Waals surface area contributed by atoms with Crippen molar-refractivity contribution in [1.82, 2.24) is 0 Å². The van der Waals surface area contributed by atoms with Crippen LogP contribution in [0.1, 0.15) is 15.2 Å². The molecule has 2 aromatic carbocycles. The van der Waals surface area contributed by atoms with E-state index in [2.05, 4.69) is 0 Å². The summed E-state index contributed by atoms with van der Waals surface area (Å²) in [6.07, 6.45) is 0. The van der Waals surface area contributed by atoms with E-state index in [-0.39, 0.29) is 19.2 Å². The van der Waals surface area contributed by atoms with Crippen molar-refractivity contribution in [2.24, 2.45) is 0 Å². The summed E-state index contributed by atoms with van der Waals surface area (Å²) >= 11 is 1.36. The van der Waals surface area contributed by atoms with Gasteiger partial charge in [0.1, 0.15) is 37.1 Å². The van der Waals surface area contributed by atoms with Gasteiger partial charge in [0, 0.05) is 4.88 Å². The van der Waals surface area contributed by atoms with E-state index in [1.807, 2.05) is 30.3 Å². The zero-order valence-electron chi connectivity index (χ0n) is 15.4.